The fourth-order valence-corrected chi connectivity index (χ4v) is 3.81. The lowest BCUT2D eigenvalue weighted by Crippen LogP contribution is -2.11. The second kappa shape index (κ2) is 6.38. The highest BCUT2D eigenvalue weighted by atomic mass is 32.1. The fourth-order valence-electron chi connectivity index (χ4n) is 2.87. The molecule has 0 atom stereocenters. The van der Waals surface area contributed by atoms with E-state index in [1.165, 1.54) is 11.3 Å². The third-order valence-electron chi connectivity index (χ3n) is 4.23. The summed E-state index contributed by atoms with van der Waals surface area (Å²) in [6, 6.07) is 13.3. The van der Waals surface area contributed by atoms with Crippen molar-refractivity contribution in [3.8, 4) is 5.75 Å². The Morgan fingerprint density at radius 1 is 1.08 bits per heavy atom. The number of methoxy groups -OCH3 is 1. The molecule has 4 rings (SSSR count). The van der Waals surface area contributed by atoms with Crippen LogP contribution in [-0.2, 0) is 0 Å². The number of anilines is 1. The molecule has 1 amide bonds. The minimum absolute atomic E-state index is 0.192. The SMILES string of the molecule is COc1ccc(C)c2sc(NC(=O)c3ccc4nc(C)ccc4c3)nc12. The Kier molecular flexibility index (Phi) is 4.05. The van der Waals surface area contributed by atoms with Gasteiger partial charge in [0.2, 0.25) is 0 Å². The van der Waals surface area contributed by atoms with Crippen LogP contribution < -0.4 is 10.1 Å². The number of rotatable bonds is 3. The van der Waals surface area contributed by atoms with Crippen molar-refractivity contribution >= 4 is 43.5 Å². The largest absolute Gasteiger partial charge is 0.494 e. The molecule has 0 unspecified atom stereocenters. The minimum atomic E-state index is -0.192. The Morgan fingerprint density at radius 3 is 2.73 bits per heavy atom. The summed E-state index contributed by atoms with van der Waals surface area (Å²) >= 11 is 1.45. The van der Waals surface area contributed by atoms with Crippen molar-refractivity contribution in [1.29, 1.82) is 0 Å². The number of aryl methyl sites for hydroxylation is 2. The number of carbonyl (C=O) groups is 1. The predicted octanol–water partition coefficient (Wildman–Crippen LogP) is 4.72. The summed E-state index contributed by atoms with van der Waals surface area (Å²) in [5, 5.41) is 4.39. The van der Waals surface area contributed by atoms with Gasteiger partial charge in [0.1, 0.15) is 11.3 Å². The van der Waals surface area contributed by atoms with E-state index in [0.717, 1.165) is 32.4 Å². The van der Waals surface area contributed by atoms with Gasteiger partial charge in [-0.1, -0.05) is 23.5 Å². The Labute approximate surface area is 154 Å². The van der Waals surface area contributed by atoms with Gasteiger partial charge in [-0.25, -0.2) is 4.98 Å². The molecule has 0 fully saturated rings. The third-order valence-corrected chi connectivity index (χ3v) is 5.34. The summed E-state index contributed by atoms with van der Waals surface area (Å²) < 4.78 is 6.38. The summed E-state index contributed by atoms with van der Waals surface area (Å²) in [5.41, 5.74) is 4.28. The van der Waals surface area contributed by atoms with Crippen LogP contribution in [0.15, 0.2) is 42.5 Å². The topological polar surface area (TPSA) is 64.1 Å². The number of benzene rings is 2. The summed E-state index contributed by atoms with van der Waals surface area (Å²) in [7, 11) is 1.62. The van der Waals surface area contributed by atoms with Crippen molar-refractivity contribution in [3.63, 3.8) is 0 Å². The number of hydrogen-bond acceptors (Lipinski definition) is 5. The lowest BCUT2D eigenvalue weighted by molar-refractivity contribution is 0.102. The van der Waals surface area contributed by atoms with Gasteiger partial charge < -0.3 is 4.74 Å². The molecule has 1 N–H and O–H groups in total. The Bertz CT molecular complexity index is 1150. The van der Waals surface area contributed by atoms with E-state index in [9.17, 15) is 4.79 Å². The smallest absolute Gasteiger partial charge is 0.257 e. The molecule has 26 heavy (non-hydrogen) atoms. The Hall–Kier alpha value is -2.99. The van der Waals surface area contributed by atoms with E-state index in [1.54, 1.807) is 13.2 Å². The average Bonchev–Trinajstić information content (AvgIpc) is 3.06. The highest BCUT2D eigenvalue weighted by Gasteiger charge is 2.14. The molecule has 2 heterocycles. The first-order chi connectivity index (χ1) is 12.5. The average molecular weight is 363 g/mol. The van der Waals surface area contributed by atoms with E-state index < -0.39 is 0 Å². The number of hydrogen-bond donors (Lipinski definition) is 1. The molecule has 130 valence electrons. The molecule has 0 saturated carbocycles. The van der Waals surface area contributed by atoms with Gasteiger partial charge in [0, 0.05) is 16.6 Å². The molecule has 0 spiro atoms. The quantitative estimate of drug-likeness (QED) is 0.572. The standard InChI is InChI=1S/C20H17N3O2S/c1-11-4-9-16(25-3)17-18(11)26-20(22-17)23-19(24)14-7-8-15-13(10-14)6-5-12(2)21-15/h4-10H,1-3H3,(H,22,23,24). The maximum absolute atomic E-state index is 12.6. The molecule has 2 aromatic carbocycles. The van der Waals surface area contributed by atoms with Gasteiger partial charge in [0.05, 0.1) is 17.3 Å². The molecule has 0 aliphatic rings. The van der Waals surface area contributed by atoms with Crippen LogP contribution in [0.3, 0.4) is 0 Å². The summed E-state index contributed by atoms with van der Waals surface area (Å²) in [4.78, 5) is 21.6. The first-order valence-electron chi connectivity index (χ1n) is 8.18. The first kappa shape index (κ1) is 16.5. The zero-order valence-corrected chi connectivity index (χ0v) is 15.5. The zero-order valence-electron chi connectivity index (χ0n) is 14.7. The minimum Gasteiger partial charge on any atom is -0.494 e. The van der Waals surface area contributed by atoms with Crippen LogP contribution in [0.1, 0.15) is 21.6 Å². The van der Waals surface area contributed by atoms with Crippen molar-refractivity contribution in [1.82, 2.24) is 9.97 Å². The predicted molar refractivity (Wildman–Crippen MR) is 105 cm³/mol. The van der Waals surface area contributed by atoms with Crippen molar-refractivity contribution in [2.75, 3.05) is 12.4 Å². The van der Waals surface area contributed by atoms with E-state index in [-0.39, 0.29) is 5.91 Å². The highest BCUT2D eigenvalue weighted by molar-refractivity contribution is 7.22. The second-order valence-corrected chi connectivity index (χ2v) is 7.09. The monoisotopic (exact) mass is 363 g/mol. The molecular formula is C20H17N3O2S. The maximum Gasteiger partial charge on any atom is 0.257 e. The molecule has 2 aromatic heterocycles. The van der Waals surface area contributed by atoms with Gasteiger partial charge in [-0.2, -0.15) is 0 Å². The Morgan fingerprint density at radius 2 is 1.92 bits per heavy atom. The number of aromatic nitrogens is 2. The number of ether oxygens (including phenoxy) is 1. The zero-order chi connectivity index (χ0) is 18.3. The van der Waals surface area contributed by atoms with Crippen LogP contribution in [0.2, 0.25) is 0 Å². The molecule has 0 bridgehead atoms. The number of pyridine rings is 1. The van der Waals surface area contributed by atoms with Crippen molar-refractivity contribution in [2.24, 2.45) is 0 Å². The summed E-state index contributed by atoms with van der Waals surface area (Å²) in [6.07, 6.45) is 0. The fraction of sp³-hybridized carbons (Fsp3) is 0.150. The molecular weight excluding hydrogens is 346 g/mol. The third kappa shape index (κ3) is 2.88. The second-order valence-electron chi connectivity index (χ2n) is 6.10. The number of amides is 1. The normalized spacial score (nSPS) is 11.0. The van der Waals surface area contributed by atoms with Crippen LogP contribution in [0.4, 0.5) is 5.13 Å². The number of carbonyl (C=O) groups excluding carboxylic acids is 1. The Balaban J connectivity index is 1.67. The molecule has 4 aromatic rings. The molecule has 0 radical (unpaired) electrons. The van der Waals surface area contributed by atoms with Gasteiger partial charge in [0.15, 0.2) is 5.13 Å². The number of fused-ring (bicyclic) bond motifs is 2. The molecule has 6 heteroatoms. The van der Waals surface area contributed by atoms with Crippen LogP contribution in [0.25, 0.3) is 21.1 Å². The van der Waals surface area contributed by atoms with Gasteiger partial charge in [0.25, 0.3) is 5.91 Å². The van der Waals surface area contributed by atoms with E-state index in [0.29, 0.717) is 16.4 Å². The van der Waals surface area contributed by atoms with Gasteiger partial charge >= 0.3 is 0 Å². The lowest BCUT2D eigenvalue weighted by atomic mass is 10.1. The van der Waals surface area contributed by atoms with Crippen molar-refractivity contribution < 1.29 is 9.53 Å². The lowest BCUT2D eigenvalue weighted by Gasteiger charge is -2.04. The van der Waals surface area contributed by atoms with Gasteiger partial charge in [-0.15, -0.1) is 0 Å². The maximum atomic E-state index is 12.6. The van der Waals surface area contributed by atoms with Crippen LogP contribution in [0, 0.1) is 13.8 Å². The van der Waals surface area contributed by atoms with Crippen LogP contribution in [0.5, 0.6) is 5.75 Å². The number of thiazole rings is 1. The van der Waals surface area contributed by atoms with E-state index >= 15 is 0 Å². The van der Waals surface area contributed by atoms with E-state index in [4.69, 9.17) is 4.74 Å². The number of nitrogens with zero attached hydrogens (tertiary/aromatic N) is 2. The summed E-state index contributed by atoms with van der Waals surface area (Å²) in [6.45, 7) is 3.97. The van der Waals surface area contributed by atoms with Crippen LogP contribution >= 0.6 is 11.3 Å². The molecule has 0 saturated heterocycles. The van der Waals surface area contributed by atoms with Crippen molar-refractivity contribution in [3.05, 3.63) is 59.3 Å². The van der Waals surface area contributed by atoms with Crippen molar-refractivity contribution in [2.45, 2.75) is 13.8 Å². The molecule has 0 aliphatic heterocycles. The highest BCUT2D eigenvalue weighted by Crippen LogP contribution is 2.34. The first-order valence-corrected chi connectivity index (χ1v) is 9.00. The summed E-state index contributed by atoms with van der Waals surface area (Å²) in [5.74, 6) is 0.512. The number of nitrogens with one attached hydrogen (secondary N) is 1. The van der Waals surface area contributed by atoms with E-state index in [1.807, 2.05) is 50.2 Å². The molecule has 5 nitrogen and oxygen atoms in total. The van der Waals surface area contributed by atoms with Crippen LogP contribution in [-0.4, -0.2) is 23.0 Å². The van der Waals surface area contributed by atoms with Gasteiger partial charge in [-0.05, 0) is 49.7 Å². The molecule has 0 aliphatic carbocycles. The van der Waals surface area contributed by atoms with E-state index in [2.05, 4.69) is 15.3 Å². The van der Waals surface area contributed by atoms with Gasteiger partial charge in [-0.3, -0.25) is 15.1 Å².